The van der Waals surface area contributed by atoms with E-state index >= 15 is 0 Å². The van der Waals surface area contributed by atoms with Crippen LogP contribution in [0.2, 0.25) is 0 Å². The van der Waals surface area contributed by atoms with Crippen LogP contribution in [-0.4, -0.2) is 39.4 Å². The molecule has 0 aromatic heterocycles. The molecule has 86 valence electrons. The minimum Gasteiger partial charge on any atom is -0.469 e. The van der Waals surface area contributed by atoms with Gasteiger partial charge in [-0.15, -0.1) is 0 Å². The number of carbonyl (C=O) groups excluding carboxylic acids is 1. The summed E-state index contributed by atoms with van der Waals surface area (Å²) in [7, 11) is 1.47. The zero-order valence-electron chi connectivity index (χ0n) is 9.20. The molecule has 0 amide bonds. The fourth-order valence-electron chi connectivity index (χ4n) is 2.75. The number of ether oxygens (including phenoxy) is 2. The van der Waals surface area contributed by atoms with E-state index in [0.717, 1.165) is 39.1 Å². The molecule has 0 aromatic carbocycles. The molecule has 4 nitrogen and oxygen atoms in total. The third-order valence-electron chi connectivity index (χ3n) is 3.64. The topological polar surface area (TPSA) is 47.6 Å². The molecule has 2 heterocycles. The Morgan fingerprint density at radius 3 is 2.73 bits per heavy atom. The molecule has 4 heteroatoms. The number of carbonyl (C=O) groups is 1. The molecule has 0 aliphatic carbocycles. The highest BCUT2D eigenvalue weighted by Crippen LogP contribution is 2.32. The van der Waals surface area contributed by atoms with Gasteiger partial charge in [0.25, 0.3) is 0 Å². The predicted molar refractivity (Wildman–Crippen MR) is 55.4 cm³/mol. The lowest BCUT2D eigenvalue weighted by Crippen LogP contribution is -2.32. The highest BCUT2D eigenvalue weighted by molar-refractivity contribution is 5.73. The van der Waals surface area contributed by atoms with Gasteiger partial charge in [0.05, 0.1) is 13.0 Å². The summed E-state index contributed by atoms with van der Waals surface area (Å²) >= 11 is 0. The summed E-state index contributed by atoms with van der Waals surface area (Å²) in [5.74, 6) is 1.06. The van der Waals surface area contributed by atoms with Crippen molar-refractivity contribution >= 4 is 5.97 Å². The summed E-state index contributed by atoms with van der Waals surface area (Å²) in [6.07, 6.45) is 2.17. The van der Waals surface area contributed by atoms with Crippen LogP contribution >= 0.6 is 0 Å². The minimum absolute atomic E-state index is 0.0538. The lowest BCUT2D eigenvalue weighted by atomic mass is 9.80. The second kappa shape index (κ2) is 4.94. The summed E-state index contributed by atoms with van der Waals surface area (Å²) in [6, 6.07) is 0. The highest BCUT2D eigenvalue weighted by Gasteiger charge is 2.38. The lowest BCUT2D eigenvalue weighted by molar-refractivity contribution is -0.147. The predicted octanol–water partition coefficient (Wildman–Crippen LogP) is 0.422. The van der Waals surface area contributed by atoms with E-state index in [4.69, 9.17) is 9.47 Å². The van der Waals surface area contributed by atoms with Crippen molar-refractivity contribution < 1.29 is 14.3 Å². The van der Waals surface area contributed by atoms with Gasteiger partial charge in [-0.3, -0.25) is 4.79 Å². The van der Waals surface area contributed by atoms with Crippen LogP contribution in [-0.2, 0) is 14.3 Å². The molecule has 0 aromatic rings. The van der Waals surface area contributed by atoms with Crippen molar-refractivity contribution in [3.63, 3.8) is 0 Å². The fourth-order valence-corrected chi connectivity index (χ4v) is 2.75. The van der Waals surface area contributed by atoms with Gasteiger partial charge in [-0.2, -0.15) is 0 Å². The number of methoxy groups -OCH3 is 1. The normalized spacial score (nSPS) is 32.9. The van der Waals surface area contributed by atoms with E-state index in [0.29, 0.717) is 11.8 Å². The van der Waals surface area contributed by atoms with Crippen molar-refractivity contribution in [2.45, 2.75) is 12.8 Å². The molecule has 1 N–H and O–H groups in total. The first-order valence-electron chi connectivity index (χ1n) is 5.69. The number of rotatable bonds is 2. The number of hydrogen-bond donors (Lipinski definition) is 1. The SMILES string of the molecule is COC(=O)C1CNCC1C1CCOCC1. The summed E-state index contributed by atoms with van der Waals surface area (Å²) in [4.78, 5) is 11.6. The molecule has 0 saturated carbocycles. The summed E-state index contributed by atoms with van der Waals surface area (Å²) in [6.45, 7) is 3.41. The smallest absolute Gasteiger partial charge is 0.310 e. The second-order valence-corrected chi connectivity index (χ2v) is 4.40. The first kappa shape index (κ1) is 10.9. The molecule has 2 unspecified atom stereocenters. The molecule has 0 spiro atoms. The van der Waals surface area contributed by atoms with Crippen molar-refractivity contribution in [1.82, 2.24) is 5.32 Å². The monoisotopic (exact) mass is 213 g/mol. The standard InChI is InChI=1S/C11H19NO3/c1-14-11(13)10-7-12-6-9(10)8-2-4-15-5-3-8/h8-10,12H,2-7H2,1H3. The number of nitrogens with one attached hydrogen (secondary N) is 1. The molecule has 2 aliphatic rings. The van der Waals surface area contributed by atoms with E-state index in [-0.39, 0.29) is 11.9 Å². The van der Waals surface area contributed by atoms with Gasteiger partial charge in [-0.1, -0.05) is 0 Å². The Balaban J connectivity index is 1.97. The fraction of sp³-hybridized carbons (Fsp3) is 0.909. The average molecular weight is 213 g/mol. The van der Waals surface area contributed by atoms with Gasteiger partial charge in [-0.05, 0) is 31.2 Å². The van der Waals surface area contributed by atoms with Crippen LogP contribution in [0.3, 0.4) is 0 Å². The Morgan fingerprint density at radius 2 is 2.07 bits per heavy atom. The molecule has 15 heavy (non-hydrogen) atoms. The van der Waals surface area contributed by atoms with Gasteiger partial charge in [0, 0.05) is 19.8 Å². The van der Waals surface area contributed by atoms with Crippen LogP contribution in [0.15, 0.2) is 0 Å². The van der Waals surface area contributed by atoms with E-state index in [1.54, 1.807) is 0 Å². The van der Waals surface area contributed by atoms with Crippen LogP contribution < -0.4 is 5.32 Å². The Hall–Kier alpha value is -0.610. The van der Waals surface area contributed by atoms with Crippen molar-refractivity contribution in [2.24, 2.45) is 17.8 Å². The summed E-state index contributed by atoms with van der Waals surface area (Å²) in [5, 5.41) is 3.29. The minimum atomic E-state index is -0.0588. The van der Waals surface area contributed by atoms with Crippen LogP contribution in [0.4, 0.5) is 0 Å². The molecule has 0 radical (unpaired) electrons. The zero-order chi connectivity index (χ0) is 10.7. The third kappa shape index (κ3) is 2.32. The molecule has 2 aliphatic heterocycles. The van der Waals surface area contributed by atoms with Crippen molar-refractivity contribution in [3.05, 3.63) is 0 Å². The molecule has 2 saturated heterocycles. The summed E-state index contributed by atoms with van der Waals surface area (Å²) in [5.41, 5.74) is 0. The maximum atomic E-state index is 11.6. The first-order chi connectivity index (χ1) is 7.33. The molecule has 0 bridgehead atoms. The maximum Gasteiger partial charge on any atom is 0.310 e. The molecular weight excluding hydrogens is 194 g/mol. The van der Waals surface area contributed by atoms with Gasteiger partial charge in [-0.25, -0.2) is 0 Å². The Morgan fingerprint density at radius 1 is 1.33 bits per heavy atom. The van der Waals surface area contributed by atoms with Crippen molar-refractivity contribution in [3.8, 4) is 0 Å². The third-order valence-corrected chi connectivity index (χ3v) is 3.64. The van der Waals surface area contributed by atoms with E-state index in [9.17, 15) is 4.79 Å². The zero-order valence-corrected chi connectivity index (χ0v) is 9.20. The number of hydrogen-bond acceptors (Lipinski definition) is 4. The Kier molecular flexibility index (Phi) is 3.59. The summed E-state index contributed by atoms with van der Waals surface area (Å²) < 4.78 is 10.2. The highest BCUT2D eigenvalue weighted by atomic mass is 16.5. The largest absolute Gasteiger partial charge is 0.469 e. The molecule has 2 rings (SSSR count). The van der Waals surface area contributed by atoms with Crippen molar-refractivity contribution in [1.29, 1.82) is 0 Å². The Labute approximate surface area is 90.3 Å². The molecule has 2 atom stereocenters. The van der Waals surface area contributed by atoms with E-state index in [2.05, 4.69) is 5.32 Å². The van der Waals surface area contributed by atoms with Gasteiger partial charge in [0.2, 0.25) is 0 Å². The Bertz CT molecular complexity index is 226. The van der Waals surface area contributed by atoms with Gasteiger partial charge in [0.15, 0.2) is 0 Å². The van der Waals surface area contributed by atoms with E-state index < -0.39 is 0 Å². The van der Waals surface area contributed by atoms with Crippen molar-refractivity contribution in [2.75, 3.05) is 33.4 Å². The van der Waals surface area contributed by atoms with Gasteiger partial charge < -0.3 is 14.8 Å². The second-order valence-electron chi connectivity index (χ2n) is 4.40. The van der Waals surface area contributed by atoms with E-state index in [1.807, 2.05) is 0 Å². The number of esters is 1. The maximum absolute atomic E-state index is 11.6. The molecule has 2 fully saturated rings. The first-order valence-corrected chi connectivity index (χ1v) is 5.69. The molecular formula is C11H19NO3. The van der Waals surface area contributed by atoms with Gasteiger partial charge in [0.1, 0.15) is 0 Å². The van der Waals surface area contributed by atoms with E-state index in [1.165, 1.54) is 7.11 Å². The van der Waals surface area contributed by atoms with Crippen LogP contribution in [0.25, 0.3) is 0 Å². The van der Waals surface area contributed by atoms with Crippen LogP contribution in [0, 0.1) is 17.8 Å². The van der Waals surface area contributed by atoms with Crippen LogP contribution in [0.5, 0.6) is 0 Å². The average Bonchev–Trinajstić information content (AvgIpc) is 2.78. The lowest BCUT2D eigenvalue weighted by Gasteiger charge is -2.29. The van der Waals surface area contributed by atoms with Gasteiger partial charge >= 0.3 is 5.97 Å². The quantitative estimate of drug-likeness (QED) is 0.675. The van der Waals surface area contributed by atoms with Crippen LogP contribution in [0.1, 0.15) is 12.8 Å².